The molecule has 15 heavy (non-hydrogen) atoms. The normalized spacial score (nSPS) is 8.40. The lowest BCUT2D eigenvalue weighted by atomic mass is 10.2. The van der Waals surface area contributed by atoms with E-state index < -0.39 is 0 Å². The van der Waals surface area contributed by atoms with Gasteiger partial charge >= 0.3 is 0 Å². The van der Waals surface area contributed by atoms with E-state index in [-0.39, 0.29) is 5.78 Å². The van der Waals surface area contributed by atoms with Gasteiger partial charge in [0, 0.05) is 5.57 Å². The Bertz CT molecular complexity index is 209. The van der Waals surface area contributed by atoms with Crippen LogP contribution in [0.2, 0.25) is 0 Å². The Balaban J connectivity index is -0.000000202. The van der Waals surface area contributed by atoms with Gasteiger partial charge < -0.3 is 0 Å². The van der Waals surface area contributed by atoms with Crippen molar-refractivity contribution < 1.29 is 4.79 Å². The van der Waals surface area contributed by atoms with Crippen LogP contribution in [0, 0.1) is 0 Å². The maximum absolute atomic E-state index is 10.6. The van der Waals surface area contributed by atoms with E-state index in [9.17, 15) is 4.79 Å². The average Bonchev–Trinajstić information content (AvgIpc) is 2.28. The van der Waals surface area contributed by atoms with Crippen molar-refractivity contribution in [3.8, 4) is 0 Å². The molecule has 0 saturated carbocycles. The monoisotopic (exact) mass is 208 g/mol. The van der Waals surface area contributed by atoms with E-state index in [2.05, 4.69) is 26.7 Å². The molecule has 0 heterocycles. The van der Waals surface area contributed by atoms with Crippen molar-refractivity contribution in [2.75, 3.05) is 0 Å². The molecular formula is C14H24O. The van der Waals surface area contributed by atoms with Crippen molar-refractivity contribution in [3.63, 3.8) is 0 Å². The van der Waals surface area contributed by atoms with Crippen LogP contribution in [0.1, 0.15) is 34.1 Å². The molecule has 0 aromatic carbocycles. The van der Waals surface area contributed by atoms with Gasteiger partial charge in [0.15, 0.2) is 5.78 Å². The van der Waals surface area contributed by atoms with Crippen LogP contribution in [-0.4, -0.2) is 5.78 Å². The third-order valence-corrected chi connectivity index (χ3v) is 1.21. The lowest BCUT2D eigenvalue weighted by molar-refractivity contribution is -0.113. The summed E-state index contributed by atoms with van der Waals surface area (Å²) in [5.74, 6) is 0.0184. The maximum Gasteiger partial charge on any atom is 0.159 e. The molecule has 0 aliphatic heterocycles. The van der Waals surface area contributed by atoms with Crippen LogP contribution in [0.15, 0.2) is 49.6 Å². The van der Waals surface area contributed by atoms with E-state index in [1.165, 1.54) is 13.0 Å². The summed E-state index contributed by atoms with van der Waals surface area (Å²) >= 11 is 0. The topological polar surface area (TPSA) is 17.1 Å². The molecule has 0 amide bonds. The van der Waals surface area contributed by atoms with E-state index in [1.54, 1.807) is 12.2 Å². The highest BCUT2D eigenvalue weighted by Gasteiger charge is 1.93. The molecule has 0 aliphatic rings. The van der Waals surface area contributed by atoms with Gasteiger partial charge in [0.1, 0.15) is 0 Å². The fourth-order valence-electron chi connectivity index (χ4n) is 0.456. The number of Topliss-reactive ketones (excluding diaryl/α,β-unsaturated/α-hetero) is 1. The molecule has 1 heteroatoms. The minimum Gasteiger partial charge on any atom is -0.295 e. The number of hydrogen-bond donors (Lipinski definition) is 0. The highest BCUT2D eigenvalue weighted by molar-refractivity contribution is 5.96. The van der Waals surface area contributed by atoms with Crippen molar-refractivity contribution in [3.05, 3.63) is 49.6 Å². The van der Waals surface area contributed by atoms with Crippen LogP contribution in [0.5, 0.6) is 0 Å². The molecule has 0 unspecified atom stereocenters. The van der Waals surface area contributed by atoms with Crippen molar-refractivity contribution >= 4 is 5.78 Å². The van der Waals surface area contributed by atoms with Crippen molar-refractivity contribution in [1.29, 1.82) is 0 Å². The van der Waals surface area contributed by atoms with E-state index >= 15 is 0 Å². The average molecular weight is 208 g/mol. The molecule has 0 aromatic heterocycles. The Morgan fingerprint density at radius 1 is 1.20 bits per heavy atom. The summed E-state index contributed by atoms with van der Waals surface area (Å²) in [7, 11) is 0. The SMILES string of the molecule is C=C/C=C(\C=C)C(C)=O.C=CCC.CC. The Labute approximate surface area is 94.9 Å². The zero-order valence-electron chi connectivity index (χ0n) is 10.5. The molecule has 0 N–H and O–H groups in total. The van der Waals surface area contributed by atoms with Gasteiger partial charge in [-0.3, -0.25) is 4.79 Å². The number of carbonyl (C=O) groups excluding carboxylic acids is 1. The summed E-state index contributed by atoms with van der Waals surface area (Å²) < 4.78 is 0. The molecule has 0 fully saturated rings. The minimum atomic E-state index is 0.0184. The lowest BCUT2D eigenvalue weighted by Crippen LogP contribution is -1.90. The summed E-state index contributed by atoms with van der Waals surface area (Å²) in [6.45, 7) is 18.0. The fraction of sp³-hybridized carbons (Fsp3) is 0.357. The van der Waals surface area contributed by atoms with Gasteiger partial charge in [0.2, 0.25) is 0 Å². The Morgan fingerprint density at radius 3 is 1.67 bits per heavy atom. The second-order valence-corrected chi connectivity index (χ2v) is 2.31. The van der Waals surface area contributed by atoms with Gasteiger partial charge in [0.25, 0.3) is 0 Å². The molecule has 0 aliphatic carbocycles. The van der Waals surface area contributed by atoms with E-state index in [0.717, 1.165) is 6.42 Å². The summed E-state index contributed by atoms with van der Waals surface area (Å²) in [6.07, 6.45) is 7.68. The molecule has 0 atom stereocenters. The largest absolute Gasteiger partial charge is 0.295 e. The molecule has 0 aromatic rings. The first kappa shape index (κ1) is 19.2. The molecule has 86 valence electrons. The molecule has 0 bridgehead atoms. The number of carbonyl (C=O) groups is 1. The Hall–Kier alpha value is -1.37. The molecular weight excluding hydrogens is 184 g/mol. The van der Waals surface area contributed by atoms with Gasteiger partial charge in [-0.2, -0.15) is 0 Å². The van der Waals surface area contributed by atoms with Crippen LogP contribution >= 0.6 is 0 Å². The van der Waals surface area contributed by atoms with Gasteiger partial charge in [0.05, 0.1) is 0 Å². The van der Waals surface area contributed by atoms with Gasteiger partial charge in [-0.1, -0.05) is 58.2 Å². The predicted molar refractivity (Wildman–Crippen MR) is 71.0 cm³/mol. The second kappa shape index (κ2) is 18.4. The molecule has 0 saturated heterocycles. The smallest absolute Gasteiger partial charge is 0.159 e. The van der Waals surface area contributed by atoms with E-state index in [4.69, 9.17) is 0 Å². The standard InChI is InChI=1S/C8H10O.C4H8.C2H6/c1-4-6-8(5-2)7(3)9;1-3-4-2;1-2/h4-6H,1-2H2,3H3;3H,1,4H2,2H3;1-2H3/b8-6+;;. The van der Waals surface area contributed by atoms with Gasteiger partial charge in [-0.05, 0) is 13.3 Å². The van der Waals surface area contributed by atoms with Gasteiger partial charge in [-0.15, -0.1) is 6.58 Å². The van der Waals surface area contributed by atoms with Crippen molar-refractivity contribution in [1.82, 2.24) is 0 Å². The van der Waals surface area contributed by atoms with Crippen LogP contribution in [0.3, 0.4) is 0 Å². The lowest BCUT2D eigenvalue weighted by Gasteiger charge is -1.88. The quantitative estimate of drug-likeness (QED) is 0.378. The maximum atomic E-state index is 10.6. The van der Waals surface area contributed by atoms with Crippen molar-refractivity contribution in [2.24, 2.45) is 0 Å². The van der Waals surface area contributed by atoms with Crippen LogP contribution in [0.4, 0.5) is 0 Å². The first-order chi connectivity index (χ1) is 7.13. The number of ketones is 1. The van der Waals surface area contributed by atoms with Crippen LogP contribution in [0.25, 0.3) is 0 Å². The Morgan fingerprint density at radius 2 is 1.60 bits per heavy atom. The molecule has 1 nitrogen and oxygen atoms in total. The first-order valence-electron chi connectivity index (χ1n) is 5.20. The molecule has 0 rings (SSSR count). The fourth-order valence-corrected chi connectivity index (χ4v) is 0.456. The number of hydrogen-bond acceptors (Lipinski definition) is 1. The number of rotatable bonds is 4. The van der Waals surface area contributed by atoms with Gasteiger partial charge in [-0.25, -0.2) is 0 Å². The first-order valence-corrected chi connectivity index (χ1v) is 5.20. The third kappa shape index (κ3) is 19.2. The molecule has 0 radical (unpaired) electrons. The second-order valence-electron chi connectivity index (χ2n) is 2.31. The zero-order chi connectivity index (χ0) is 12.7. The number of allylic oxidation sites excluding steroid dienone is 5. The summed E-state index contributed by atoms with van der Waals surface area (Å²) in [5.41, 5.74) is 0.602. The van der Waals surface area contributed by atoms with E-state index in [0.29, 0.717) is 5.57 Å². The Kier molecular flexibility index (Phi) is 23.6. The third-order valence-electron chi connectivity index (χ3n) is 1.21. The van der Waals surface area contributed by atoms with E-state index in [1.807, 2.05) is 19.9 Å². The highest BCUT2D eigenvalue weighted by atomic mass is 16.1. The molecule has 0 spiro atoms. The summed E-state index contributed by atoms with van der Waals surface area (Å²) in [4.78, 5) is 10.6. The van der Waals surface area contributed by atoms with Crippen LogP contribution in [-0.2, 0) is 4.79 Å². The van der Waals surface area contributed by atoms with Crippen molar-refractivity contribution in [2.45, 2.75) is 34.1 Å². The van der Waals surface area contributed by atoms with Crippen LogP contribution < -0.4 is 0 Å². The highest BCUT2D eigenvalue weighted by Crippen LogP contribution is 1.95. The summed E-state index contributed by atoms with van der Waals surface area (Å²) in [5, 5.41) is 0. The minimum absolute atomic E-state index is 0.0184. The zero-order valence-corrected chi connectivity index (χ0v) is 10.5. The summed E-state index contributed by atoms with van der Waals surface area (Å²) in [6, 6.07) is 0. The predicted octanol–water partition coefficient (Wildman–Crippen LogP) is 4.48.